The first-order valence-electron chi connectivity index (χ1n) is 11.3. The van der Waals surface area contributed by atoms with Crippen molar-refractivity contribution in [3.05, 3.63) is 101 Å². The minimum atomic E-state index is -5.17. The molecule has 1 aliphatic heterocycles. The van der Waals surface area contributed by atoms with Crippen molar-refractivity contribution in [1.82, 2.24) is 4.90 Å². The Kier molecular flexibility index (Phi) is 4.64. The summed E-state index contributed by atoms with van der Waals surface area (Å²) in [6.07, 6.45) is -5.17. The number of alkyl halides is 3. The number of amides is 3. The number of rotatable bonds is 3. The van der Waals surface area contributed by atoms with E-state index in [-0.39, 0.29) is 17.5 Å². The molecule has 0 N–H and O–H groups in total. The van der Waals surface area contributed by atoms with Crippen molar-refractivity contribution in [2.45, 2.75) is 18.0 Å². The molecule has 0 aromatic heterocycles. The molecule has 0 saturated carbocycles. The van der Waals surface area contributed by atoms with Crippen LogP contribution in [0.15, 0.2) is 78.9 Å². The molecule has 1 saturated heterocycles. The summed E-state index contributed by atoms with van der Waals surface area (Å²) in [6.45, 7) is -0.793. The smallest absolute Gasteiger partial charge is 0.286 e. The van der Waals surface area contributed by atoms with E-state index in [1.807, 2.05) is 48.5 Å². The first kappa shape index (κ1) is 21.6. The van der Waals surface area contributed by atoms with Gasteiger partial charge in [0.05, 0.1) is 11.8 Å². The highest BCUT2D eigenvalue weighted by atomic mass is 19.4. The summed E-state index contributed by atoms with van der Waals surface area (Å²) in [4.78, 5) is 41.0. The molecular weight excluding hydrogens is 457 g/mol. The summed E-state index contributed by atoms with van der Waals surface area (Å²) in [6, 6.07) is 22.6. The fraction of sp³-hybridized carbons (Fsp3) is 0.222. The summed E-state index contributed by atoms with van der Waals surface area (Å²) < 4.78 is 40.4. The second-order valence-electron chi connectivity index (χ2n) is 9.08. The van der Waals surface area contributed by atoms with E-state index in [9.17, 15) is 27.6 Å². The number of hydrogen-bond acceptors (Lipinski definition) is 3. The van der Waals surface area contributed by atoms with Gasteiger partial charge in [-0.25, -0.2) is 0 Å². The number of nitrogens with zero attached hydrogens (tertiary/aromatic N) is 2. The van der Waals surface area contributed by atoms with Gasteiger partial charge in [-0.05, 0) is 34.4 Å². The zero-order valence-corrected chi connectivity index (χ0v) is 18.3. The van der Waals surface area contributed by atoms with Crippen molar-refractivity contribution in [2.24, 2.45) is 11.8 Å². The van der Waals surface area contributed by atoms with E-state index in [0.717, 1.165) is 27.2 Å². The average Bonchev–Trinajstić information content (AvgIpc) is 3.12. The van der Waals surface area contributed by atoms with Gasteiger partial charge >= 0.3 is 12.1 Å². The monoisotopic (exact) mass is 476 g/mol. The van der Waals surface area contributed by atoms with Crippen LogP contribution in [0.5, 0.6) is 0 Å². The van der Waals surface area contributed by atoms with Gasteiger partial charge in [0.15, 0.2) is 0 Å². The molecule has 2 atom stereocenters. The molecule has 3 aliphatic carbocycles. The van der Waals surface area contributed by atoms with Gasteiger partial charge < -0.3 is 0 Å². The first-order valence-corrected chi connectivity index (χ1v) is 11.3. The second kappa shape index (κ2) is 7.53. The molecule has 8 heteroatoms. The van der Waals surface area contributed by atoms with Crippen LogP contribution in [-0.4, -0.2) is 35.5 Å². The Morgan fingerprint density at radius 2 is 1.11 bits per heavy atom. The van der Waals surface area contributed by atoms with Crippen molar-refractivity contribution in [3.8, 4) is 0 Å². The first-order chi connectivity index (χ1) is 16.8. The highest BCUT2D eigenvalue weighted by Crippen LogP contribution is 2.60. The molecule has 1 heterocycles. The third kappa shape index (κ3) is 3.05. The largest absolute Gasteiger partial charge is 0.471 e. The molecule has 5 nitrogen and oxygen atoms in total. The van der Waals surface area contributed by atoms with Crippen molar-refractivity contribution in [3.63, 3.8) is 0 Å². The number of hydrogen-bond donors (Lipinski definition) is 0. The minimum Gasteiger partial charge on any atom is -0.286 e. The van der Waals surface area contributed by atoms with Crippen LogP contribution < -0.4 is 4.90 Å². The number of para-hydroxylation sites is 1. The number of carbonyl (C=O) groups excluding carboxylic acids is 3. The normalized spacial score (nSPS) is 24.1. The Labute approximate surface area is 198 Å². The molecule has 7 rings (SSSR count). The van der Waals surface area contributed by atoms with Gasteiger partial charge in [0.25, 0.3) is 0 Å². The Bertz CT molecular complexity index is 1260. The van der Waals surface area contributed by atoms with Crippen molar-refractivity contribution < 1.29 is 27.6 Å². The molecule has 4 aliphatic rings. The number of benzene rings is 3. The maximum atomic E-state index is 13.7. The van der Waals surface area contributed by atoms with Crippen LogP contribution in [0.1, 0.15) is 34.1 Å². The third-order valence-electron chi connectivity index (χ3n) is 7.38. The molecule has 3 aromatic carbocycles. The summed E-state index contributed by atoms with van der Waals surface area (Å²) in [5.74, 6) is -5.42. The lowest BCUT2D eigenvalue weighted by Crippen LogP contribution is -2.49. The number of likely N-dealkylation sites (tertiary alicyclic amines) is 1. The van der Waals surface area contributed by atoms with Crippen molar-refractivity contribution >= 4 is 23.4 Å². The van der Waals surface area contributed by atoms with Gasteiger partial charge in [-0.3, -0.25) is 24.2 Å². The van der Waals surface area contributed by atoms with Gasteiger partial charge in [0.2, 0.25) is 11.8 Å². The second-order valence-corrected chi connectivity index (χ2v) is 9.08. The van der Waals surface area contributed by atoms with Crippen LogP contribution >= 0.6 is 0 Å². The van der Waals surface area contributed by atoms with E-state index in [1.54, 1.807) is 6.07 Å². The molecule has 2 bridgehead atoms. The topological polar surface area (TPSA) is 57.7 Å². The van der Waals surface area contributed by atoms with Crippen LogP contribution in [0.25, 0.3) is 0 Å². The Morgan fingerprint density at radius 3 is 1.51 bits per heavy atom. The standard InChI is InChI=1S/C27H19F3N2O3/c28-27(29,30)26(35)31(15-8-2-1-3-9-15)14-32-24(33)22-20-16-10-4-5-11-17(16)21(23(22)25(32)34)19-13-7-6-12-18(19)20/h1-13,20-23H,14H2/t20?,21?,22-,23-/m1/s1. The number of halogens is 3. The highest BCUT2D eigenvalue weighted by Gasteiger charge is 2.62. The zero-order valence-electron chi connectivity index (χ0n) is 18.3. The van der Waals surface area contributed by atoms with Crippen LogP contribution in [0.3, 0.4) is 0 Å². The maximum absolute atomic E-state index is 13.7. The van der Waals surface area contributed by atoms with Crippen LogP contribution in [0.4, 0.5) is 18.9 Å². The van der Waals surface area contributed by atoms with Crippen LogP contribution in [0.2, 0.25) is 0 Å². The SMILES string of the molecule is O=C1[C@@H]2C3c4ccccc4C(c4ccccc43)[C@H]2C(=O)N1CN(C(=O)C(F)(F)F)c1ccccc1. The zero-order chi connectivity index (χ0) is 24.5. The quantitative estimate of drug-likeness (QED) is 0.526. The van der Waals surface area contributed by atoms with E-state index in [1.165, 1.54) is 24.3 Å². The lowest BCUT2D eigenvalue weighted by Gasteiger charge is -2.45. The van der Waals surface area contributed by atoms with E-state index < -0.39 is 42.4 Å². The molecule has 1 fully saturated rings. The number of carbonyl (C=O) groups is 3. The fourth-order valence-corrected chi connectivity index (χ4v) is 6.04. The van der Waals surface area contributed by atoms with Crippen molar-refractivity contribution in [1.29, 1.82) is 0 Å². The molecule has 0 unspecified atom stereocenters. The Morgan fingerprint density at radius 1 is 0.714 bits per heavy atom. The Balaban J connectivity index is 1.43. The molecule has 3 aromatic rings. The van der Waals surface area contributed by atoms with Gasteiger partial charge in [0, 0.05) is 17.5 Å². The molecule has 0 radical (unpaired) electrons. The third-order valence-corrected chi connectivity index (χ3v) is 7.38. The van der Waals surface area contributed by atoms with E-state index in [2.05, 4.69) is 0 Å². The number of imide groups is 1. The fourth-order valence-electron chi connectivity index (χ4n) is 6.04. The molecule has 35 heavy (non-hydrogen) atoms. The van der Waals surface area contributed by atoms with E-state index >= 15 is 0 Å². The van der Waals surface area contributed by atoms with Crippen LogP contribution in [0, 0.1) is 11.8 Å². The molecule has 3 amide bonds. The lowest BCUT2D eigenvalue weighted by atomic mass is 9.55. The van der Waals surface area contributed by atoms with Gasteiger partial charge in [-0.15, -0.1) is 0 Å². The Hall–Kier alpha value is -3.94. The predicted molar refractivity (Wildman–Crippen MR) is 120 cm³/mol. The van der Waals surface area contributed by atoms with Gasteiger partial charge in [-0.2, -0.15) is 13.2 Å². The summed E-state index contributed by atoms with van der Waals surface area (Å²) in [5.41, 5.74) is 3.82. The van der Waals surface area contributed by atoms with E-state index in [4.69, 9.17) is 0 Å². The van der Waals surface area contributed by atoms with E-state index in [0.29, 0.717) is 4.90 Å². The molecule has 0 spiro atoms. The number of anilines is 1. The summed E-state index contributed by atoms with van der Waals surface area (Å²) in [7, 11) is 0. The predicted octanol–water partition coefficient (Wildman–Crippen LogP) is 4.43. The summed E-state index contributed by atoms with van der Waals surface area (Å²) in [5, 5.41) is 0. The highest BCUT2D eigenvalue weighted by molar-refractivity contribution is 6.09. The summed E-state index contributed by atoms with van der Waals surface area (Å²) >= 11 is 0. The van der Waals surface area contributed by atoms with Crippen molar-refractivity contribution in [2.75, 3.05) is 11.6 Å². The average molecular weight is 476 g/mol. The van der Waals surface area contributed by atoms with Gasteiger partial charge in [-0.1, -0.05) is 66.7 Å². The molecule has 176 valence electrons. The van der Waals surface area contributed by atoms with Gasteiger partial charge in [0.1, 0.15) is 6.67 Å². The van der Waals surface area contributed by atoms with Crippen LogP contribution in [-0.2, 0) is 14.4 Å². The maximum Gasteiger partial charge on any atom is 0.471 e. The lowest BCUT2D eigenvalue weighted by molar-refractivity contribution is -0.171. The molecular formula is C27H19F3N2O3. The minimum absolute atomic E-state index is 0.0418.